The molecule has 5 nitrogen and oxygen atoms in total. The lowest BCUT2D eigenvalue weighted by atomic mass is 9.92. The lowest BCUT2D eigenvalue weighted by molar-refractivity contribution is -0.130. The van der Waals surface area contributed by atoms with Gasteiger partial charge in [-0.15, -0.1) is 0 Å². The second kappa shape index (κ2) is 6.37. The number of carbonyl (C=O) groups excluding carboxylic acids is 1. The highest BCUT2D eigenvalue weighted by Gasteiger charge is 2.58. The lowest BCUT2D eigenvalue weighted by Gasteiger charge is -2.34. The fraction of sp³-hybridized carbons (Fsp3) is 0.500. The lowest BCUT2D eigenvalue weighted by Crippen LogP contribution is -2.40. The van der Waals surface area contributed by atoms with E-state index in [0.29, 0.717) is 18.5 Å². The summed E-state index contributed by atoms with van der Waals surface area (Å²) in [5.41, 5.74) is 1.44. The van der Waals surface area contributed by atoms with Crippen LogP contribution in [0, 0.1) is 11.2 Å². The van der Waals surface area contributed by atoms with Crippen LogP contribution in [0.15, 0.2) is 29.2 Å². The molecule has 0 bridgehead atoms. The van der Waals surface area contributed by atoms with Gasteiger partial charge in [0.05, 0.1) is 12.4 Å². The molecule has 1 amide bonds. The van der Waals surface area contributed by atoms with Crippen LogP contribution in [0.5, 0.6) is 0 Å². The van der Waals surface area contributed by atoms with Crippen molar-refractivity contribution in [3.8, 4) is 0 Å². The van der Waals surface area contributed by atoms with Gasteiger partial charge in [-0.3, -0.25) is 4.79 Å². The minimum absolute atomic E-state index is 0.150. The molecule has 1 spiro atoms. The van der Waals surface area contributed by atoms with Crippen LogP contribution in [0.3, 0.4) is 0 Å². The molecule has 1 aliphatic carbocycles. The minimum atomic E-state index is -0.412. The molecule has 132 valence electrons. The molecule has 1 saturated carbocycles. The molecule has 1 saturated heterocycles. The molecule has 7 heteroatoms. The average Bonchev–Trinajstić information content (AvgIpc) is 3.04. The first kappa shape index (κ1) is 16.4. The second-order valence-corrected chi connectivity index (χ2v) is 7.83. The first-order valence-electron chi connectivity index (χ1n) is 8.58. The van der Waals surface area contributed by atoms with Crippen molar-refractivity contribution in [3.63, 3.8) is 0 Å². The number of carbonyl (C=O) groups is 1. The Morgan fingerprint density at radius 2 is 2.12 bits per heavy atom. The van der Waals surface area contributed by atoms with Gasteiger partial charge in [-0.25, -0.2) is 14.4 Å². The number of piperidine rings is 1. The molecule has 1 unspecified atom stereocenters. The normalized spacial score (nSPS) is 21.4. The van der Waals surface area contributed by atoms with E-state index in [9.17, 15) is 9.18 Å². The summed E-state index contributed by atoms with van der Waals surface area (Å²) in [7, 11) is 0. The quantitative estimate of drug-likeness (QED) is 0.841. The number of aromatic nitrogens is 2. The average molecular weight is 360 g/mol. The number of thiophene rings is 1. The summed E-state index contributed by atoms with van der Waals surface area (Å²) in [6.45, 7) is 4.08. The summed E-state index contributed by atoms with van der Waals surface area (Å²) in [6, 6.07) is 2.42. The first-order valence-corrected chi connectivity index (χ1v) is 9.52. The molecule has 2 aliphatic rings. The monoisotopic (exact) mass is 360 g/mol. The summed E-state index contributed by atoms with van der Waals surface area (Å²) in [4.78, 5) is 24.5. The van der Waals surface area contributed by atoms with E-state index in [0.717, 1.165) is 32.4 Å². The Bertz CT molecular complexity index is 741. The molecule has 2 fully saturated rings. The zero-order valence-corrected chi connectivity index (χ0v) is 15.0. The standard InChI is InChI=1S/C18H21FN4OS/c1-13(24)23(11-14-2-7-25-12-14)16-8-18(16)3-5-22(6-4-18)17-20-9-15(19)10-21-17/h2,7,9-10,12,16H,3-6,8,11H2,1H3. The van der Waals surface area contributed by atoms with Crippen LogP contribution < -0.4 is 4.90 Å². The van der Waals surface area contributed by atoms with E-state index in [1.165, 1.54) is 18.0 Å². The van der Waals surface area contributed by atoms with Gasteiger partial charge in [0, 0.05) is 32.6 Å². The number of hydrogen-bond donors (Lipinski definition) is 0. The van der Waals surface area contributed by atoms with Crippen molar-refractivity contribution < 1.29 is 9.18 Å². The van der Waals surface area contributed by atoms with Gasteiger partial charge < -0.3 is 9.80 Å². The predicted octanol–water partition coefficient (Wildman–Crippen LogP) is 3.08. The molecule has 2 aromatic rings. The molecule has 4 rings (SSSR count). The van der Waals surface area contributed by atoms with Gasteiger partial charge in [0.1, 0.15) is 0 Å². The molecular weight excluding hydrogens is 339 g/mol. The molecule has 3 heterocycles. The van der Waals surface area contributed by atoms with Crippen molar-refractivity contribution in [2.24, 2.45) is 5.41 Å². The van der Waals surface area contributed by atoms with E-state index in [1.807, 2.05) is 4.90 Å². The highest BCUT2D eigenvalue weighted by Crippen LogP contribution is 2.57. The number of hydrogen-bond acceptors (Lipinski definition) is 5. The van der Waals surface area contributed by atoms with Crippen molar-refractivity contribution >= 4 is 23.2 Å². The van der Waals surface area contributed by atoms with Gasteiger partial charge in [-0.1, -0.05) is 0 Å². The zero-order valence-electron chi connectivity index (χ0n) is 14.2. The molecule has 2 aromatic heterocycles. The molecule has 1 aliphatic heterocycles. The highest BCUT2D eigenvalue weighted by atomic mass is 32.1. The maximum absolute atomic E-state index is 13.0. The predicted molar refractivity (Wildman–Crippen MR) is 94.8 cm³/mol. The Balaban J connectivity index is 1.40. The van der Waals surface area contributed by atoms with Crippen molar-refractivity contribution in [2.45, 2.75) is 38.8 Å². The number of nitrogens with zero attached hydrogens (tertiary/aromatic N) is 4. The summed E-state index contributed by atoms with van der Waals surface area (Å²) >= 11 is 1.67. The molecule has 0 aromatic carbocycles. The fourth-order valence-corrected chi connectivity index (χ4v) is 4.61. The number of anilines is 1. The van der Waals surface area contributed by atoms with E-state index in [-0.39, 0.29) is 11.3 Å². The van der Waals surface area contributed by atoms with Gasteiger partial charge in [-0.05, 0) is 47.1 Å². The van der Waals surface area contributed by atoms with E-state index in [4.69, 9.17) is 0 Å². The van der Waals surface area contributed by atoms with Crippen LogP contribution in [-0.2, 0) is 11.3 Å². The minimum Gasteiger partial charge on any atom is -0.341 e. The third-order valence-electron chi connectivity index (χ3n) is 5.51. The van der Waals surface area contributed by atoms with Crippen molar-refractivity contribution in [2.75, 3.05) is 18.0 Å². The smallest absolute Gasteiger partial charge is 0.225 e. The number of amides is 1. The third kappa shape index (κ3) is 3.25. The largest absolute Gasteiger partial charge is 0.341 e. The van der Waals surface area contributed by atoms with Crippen LogP contribution in [0.25, 0.3) is 0 Å². The third-order valence-corrected chi connectivity index (χ3v) is 6.24. The Kier molecular flexibility index (Phi) is 4.19. The first-order chi connectivity index (χ1) is 12.1. The summed E-state index contributed by atoms with van der Waals surface area (Å²) in [5.74, 6) is 0.331. The van der Waals surface area contributed by atoms with Crippen LogP contribution in [0.4, 0.5) is 10.3 Å². The number of rotatable bonds is 4. The van der Waals surface area contributed by atoms with Crippen LogP contribution in [0.1, 0.15) is 31.7 Å². The summed E-state index contributed by atoms with van der Waals surface area (Å²) in [6.07, 6.45) is 5.54. The van der Waals surface area contributed by atoms with Gasteiger partial charge in [0.15, 0.2) is 5.82 Å². The fourth-order valence-electron chi connectivity index (χ4n) is 3.95. The second-order valence-electron chi connectivity index (χ2n) is 7.05. The van der Waals surface area contributed by atoms with Gasteiger partial charge in [0.2, 0.25) is 11.9 Å². The maximum Gasteiger partial charge on any atom is 0.225 e. The Morgan fingerprint density at radius 3 is 2.72 bits per heavy atom. The van der Waals surface area contributed by atoms with Crippen LogP contribution in [-0.4, -0.2) is 39.9 Å². The molecule has 25 heavy (non-hydrogen) atoms. The Hall–Kier alpha value is -2.02. The maximum atomic E-state index is 13.0. The summed E-state index contributed by atoms with van der Waals surface area (Å²) in [5, 5.41) is 4.16. The van der Waals surface area contributed by atoms with Crippen LogP contribution >= 0.6 is 11.3 Å². The Labute approximate surface area is 150 Å². The van der Waals surface area contributed by atoms with Crippen molar-refractivity contribution in [3.05, 3.63) is 40.6 Å². The molecule has 1 atom stereocenters. The van der Waals surface area contributed by atoms with Gasteiger partial charge >= 0.3 is 0 Å². The van der Waals surface area contributed by atoms with Gasteiger partial charge in [0.25, 0.3) is 0 Å². The van der Waals surface area contributed by atoms with Crippen LogP contribution in [0.2, 0.25) is 0 Å². The molecule has 0 N–H and O–H groups in total. The molecular formula is C18H21FN4OS. The summed E-state index contributed by atoms with van der Waals surface area (Å²) < 4.78 is 13.0. The van der Waals surface area contributed by atoms with Crippen molar-refractivity contribution in [1.82, 2.24) is 14.9 Å². The van der Waals surface area contributed by atoms with Crippen molar-refractivity contribution in [1.29, 1.82) is 0 Å². The van der Waals surface area contributed by atoms with E-state index in [2.05, 4.69) is 31.7 Å². The zero-order chi connectivity index (χ0) is 17.4. The topological polar surface area (TPSA) is 49.3 Å². The van der Waals surface area contributed by atoms with E-state index >= 15 is 0 Å². The SMILES string of the molecule is CC(=O)N(Cc1ccsc1)C1CC12CCN(c1ncc(F)cn1)CC2. The van der Waals surface area contributed by atoms with E-state index < -0.39 is 5.82 Å². The van der Waals surface area contributed by atoms with E-state index in [1.54, 1.807) is 18.3 Å². The van der Waals surface area contributed by atoms with Gasteiger partial charge in [-0.2, -0.15) is 11.3 Å². The highest BCUT2D eigenvalue weighted by molar-refractivity contribution is 7.07. The number of halogens is 1. The Morgan fingerprint density at radius 1 is 1.40 bits per heavy atom. The molecule has 0 radical (unpaired) electrons.